The summed E-state index contributed by atoms with van der Waals surface area (Å²) in [6.45, 7) is 7.90. The van der Waals surface area contributed by atoms with Crippen LogP contribution in [0.25, 0.3) is 6.08 Å². The summed E-state index contributed by atoms with van der Waals surface area (Å²) >= 11 is 8.23. The molecular formula is C27H39ClN2O6S. The molecule has 2 saturated heterocycles. The molecule has 1 spiro atoms. The summed E-state index contributed by atoms with van der Waals surface area (Å²) < 4.78 is 12.0. The Labute approximate surface area is 227 Å². The van der Waals surface area contributed by atoms with Gasteiger partial charge < -0.3 is 25.0 Å². The lowest BCUT2D eigenvalue weighted by Gasteiger charge is -2.46. The SMILES string of the molecule is CC[C@H]1C(=O)C2(CCC2)[C@@H](O)CC(=O)N[C@H](C(Cl)=Cc2csc(C)n2)C[C@@H]2O[C@]2(C)CCO[C@H](C)[C@H]1O. The number of aryl methyl sites for hydroxylation is 1. The normalized spacial score (nSPS) is 37.5. The van der Waals surface area contributed by atoms with Gasteiger partial charge in [-0.1, -0.05) is 24.9 Å². The van der Waals surface area contributed by atoms with Crippen LogP contribution in [0.2, 0.25) is 0 Å². The van der Waals surface area contributed by atoms with E-state index in [9.17, 15) is 19.8 Å². The number of nitrogens with one attached hydrogen (secondary N) is 1. The van der Waals surface area contributed by atoms with Crippen molar-refractivity contribution in [1.29, 1.82) is 0 Å². The summed E-state index contributed by atoms with van der Waals surface area (Å²) in [6.07, 6.45) is 1.99. The lowest BCUT2D eigenvalue weighted by atomic mass is 9.58. The molecule has 0 unspecified atom stereocenters. The van der Waals surface area contributed by atoms with Gasteiger partial charge in [-0.15, -0.1) is 11.3 Å². The summed E-state index contributed by atoms with van der Waals surface area (Å²) in [5.41, 5.74) is -0.741. The first-order valence-corrected chi connectivity index (χ1v) is 14.5. The minimum Gasteiger partial charge on any atom is -0.392 e. The Kier molecular flexibility index (Phi) is 8.83. The minimum atomic E-state index is -1.15. The maximum atomic E-state index is 13.7. The number of fused-ring (bicyclic) bond motifs is 1. The monoisotopic (exact) mass is 554 g/mol. The molecule has 7 atom stereocenters. The number of aromatic nitrogens is 1. The first-order valence-electron chi connectivity index (χ1n) is 13.3. The molecule has 1 saturated carbocycles. The fraction of sp³-hybridized carbons (Fsp3) is 0.741. The van der Waals surface area contributed by atoms with Crippen molar-refractivity contribution in [2.45, 2.75) is 109 Å². The summed E-state index contributed by atoms with van der Waals surface area (Å²) in [4.78, 5) is 31.3. The van der Waals surface area contributed by atoms with Gasteiger partial charge in [0.25, 0.3) is 0 Å². The van der Waals surface area contributed by atoms with Crippen molar-refractivity contribution in [2.24, 2.45) is 11.3 Å². The lowest BCUT2D eigenvalue weighted by molar-refractivity contribution is -0.158. The number of epoxide rings is 1. The van der Waals surface area contributed by atoms with Crippen LogP contribution in [0.3, 0.4) is 0 Å². The molecule has 1 amide bonds. The maximum absolute atomic E-state index is 13.7. The Morgan fingerprint density at radius 1 is 1.32 bits per heavy atom. The summed E-state index contributed by atoms with van der Waals surface area (Å²) in [5.74, 6) is -1.23. The number of hydrogen-bond acceptors (Lipinski definition) is 8. The number of hydrogen-bond donors (Lipinski definition) is 3. The van der Waals surface area contributed by atoms with Gasteiger partial charge in [0.15, 0.2) is 0 Å². The molecule has 0 bridgehead atoms. The molecule has 37 heavy (non-hydrogen) atoms. The van der Waals surface area contributed by atoms with Crippen LogP contribution in [0.4, 0.5) is 0 Å². The third-order valence-electron chi connectivity index (χ3n) is 8.48. The van der Waals surface area contributed by atoms with E-state index in [2.05, 4.69) is 10.3 Å². The van der Waals surface area contributed by atoms with E-state index in [1.54, 1.807) is 13.0 Å². The van der Waals surface area contributed by atoms with Crippen molar-refractivity contribution in [3.05, 3.63) is 21.1 Å². The molecule has 1 aliphatic carbocycles. The van der Waals surface area contributed by atoms with Gasteiger partial charge in [0, 0.05) is 35.8 Å². The Balaban J connectivity index is 1.59. The Hall–Kier alpha value is -1.36. The van der Waals surface area contributed by atoms with Gasteiger partial charge >= 0.3 is 0 Å². The molecule has 8 nitrogen and oxygen atoms in total. The third kappa shape index (κ3) is 6.12. The van der Waals surface area contributed by atoms with E-state index in [0.717, 1.165) is 17.1 Å². The largest absolute Gasteiger partial charge is 0.392 e. The number of nitrogens with zero attached hydrogens (tertiary/aromatic N) is 1. The molecule has 1 aromatic rings. The number of amides is 1. The van der Waals surface area contributed by atoms with Gasteiger partial charge in [0.05, 0.1) is 58.6 Å². The van der Waals surface area contributed by atoms with Crippen LogP contribution >= 0.6 is 22.9 Å². The quantitative estimate of drug-likeness (QED) is 0.486. The van der Waals surface area contributed by atoms with E-state index in [0.29, 0.717) is 43.7 Å². The predicted octanol–water partition coefficient (Wildman–Crippen LogP) is 3.75. The predicted molar refractivity (Wildman–Crippen MR) is 142 cm³/mol. The molecule has 2 aliphatic heterocycles. The van der Waals surface area contributed by atoms with Crippen molar-refractivity contribution in [3.63, 3.8) is 0 Å². The molecule has 3 N–H and O–H groups in total. The van der Waals surface area contributed by atoms with Gasteiger partial charge in [-0.25, -0.2) is 4.98 Å². The summed E-state index contributed by atoms with van der Waals surface area (Å²) in [5, 5.41) is 28.4. The Morgan fingerprint density at radius 2 is 2.05 bits per heavy atom. The van der Waals surface area contributed by atoms with Crippen molar-refractivity contribution >= 4 is 40.7 Å². The zero-order valence-electron chi connectivity index (χ0n) is 22.0. The molecule has 0 aromatic carbocycles. The van der Waals surface area contributed by atoms with Crippen molar-refractivity contribution in [1.82, 2.24) is 10.3 Å². The fourth-order valence-electron chi connectivity index (χ4n) is 5.70. The minimum absolute atomic E-state index is 0.137. The molecule has 10 heteroatoms. The van der Waals surface area contributed by atoms with Gasteiger partial charge in [-0.3, -0.25) is 9.59 Å². The molecule has 4 rings (SSSR count). The molecule has 1 aromatic heterocycles. The van der Waals surface area contributed by atoms with E-state index in [4.69, 9.17) is 21.1 Å². The number of ether oxygens (including phenoxy) is 2. The average molecular weight is 555 g/mol. The van der Waals surface area contributed by atoms with Crippen molar-refractivity contribution in [2.75, 3.05) is 6.61 Å². The maximum Gasteiger partial charge on any atom is 0.223 e. The average Bonchev–Trinajstić information content (AvgIpc) is 3.24. The lowest BCUT2D eigenvalue weighted by Crippen LogP contribution is -2.55. The molecule has 3 heterocycles. The second-order valence-corrected chi connectivity index (χ2v) is 12.5. The number of rotatable bonds is 3. The van der Waals surface area contributed by atoms with Crippen molar-refractivity contribution < 1.29 is 29.3 Å². The smallest absolute Gasteiger partial charge is 0.223 e. The number of aliphatic hydroxyl groups excluding tert-OH is 2. The standard InChI is InChI=1S/C27H39ClN2O6S/c1-5-18-24(33)15(2)35-10-9-26(4)22(36-26)12-20(19(28)11-17-14-37-16(3)29-17)30-23(32)13-21(31)27(25(18)34)7-6-8-27/h11,14-15,18,20-22,24,31,33H,5-10,12-13H2,1-4H3,(H,30,32)/t15-,18-,20+,21+,22+,24-,26-/m1/s1. The highest BCUT2D eigenvalue weighted by Gasteiger charge is 2.55. The highest BCUT2D eigenvalue weighted by Crippen LogP contribution is 2.49. The van der Waals surface area contributed by atoms with Crippen LogP contribution in [-0.2, 0) is 19.1 Å². The number of Topliss-reactive ketones (excluding diaryl/α,β-unsaturated/α-hetero) is 1. The van der Waals surface area contributed by atoms with E-state index in [1.165, 1.54) is 11.3 Å². The molecule has 3 aliphatic rings. The van der Waals surface area contributed by atoms with Gasteiger partial charge in [-0.05, 0) is 46.1 Å². The van der Waals surface area contributed by atoms with E-state index < -0.39 is 41.3 Å². The molecule has 0 radical (unpaired) electrons. The second kappa shape index (κ2) is 11.4. The molecular weight excluding hydrogens is 516 g/mol. The number of thiazole rings is 1. The molecule has 206 valence electrons. The van der Waals surface area contributed by atoms with Gasteiger partial charge in [0.1, 0.15) is 5.78 Å². The van der Waals surface area contributed by atoms with Crippen LogP contribution in [0.1, 0.15) is 76.4 Å². The van der Waals surface area contributed by atoms with Crippen LogP contribution in [-0.4, -0.2) is 69.6 Å². The van der Waals surface area contributed by atoms with E-state index in [1.807, 2.05) is 26.2 Å². The van der Waals surface area contributed by atoms with Gasteiger partial charge in [-0.2, -0.15) is 0 Å². The number of carbonyl (C=O) groups excluding carboxylic acids is 2. The zero-order valence-corrected chi connectivity index (χ0v) is 23.6. The second-order valence-electron chi connectivity index (χ2n) is 11.0. The summed E-state index contributed by atoms with van der Waals surface area (Å²) in [7, 11) is 0. The zero-order chi connectivity index (χ0) is 27.0. The van der Waals surface area contributed by atoms with Gasteiger partial charge in [0.2, 0.25) is 5.91 Å². The first kappa shape index (κ1) is 28.6. The van der Waals surface area contributed by atoms with Crippen LogP contribution in [0.15, 0.2) is 10.4 Å². The topological polar surface area (TPSA) is 121 Å². The number of ketones is 1. The molecule has 3 fully saturated rings. The van der Waals surface area contributed by atoms with Crippen LogP contribution < -0.4 is 5.32 Å². The number of carbonyl (C=O) groups is 2. The highest BCUT2D eigenvalue weighted by atomic mass is 35.5. The summed E-state index contributed by atoms with van der Waals surface area (Å²) in [6, 6.07) is -0.527. The van der Waals surface area contributed by atoms with E-state index >= 15 is 0 Å². The van der Waals surface area contributed by atoms with E-state index in [-0.39, 0.29) is 24.2 Å². The Morgan fingerprint density at radius 3 is 2.65 bits per heavy atom. The number of aliphatic hydroxyl groups is 2. The highest BCUT2D eigenvalue weighted by molar-refractivity contribution is 7.09. The number of halogens is 1. The fourth-order valence-corrected chi connectivity index (χ4v) is 6.53. The van der Waals surface area contributed by atoms with Crippen LogP contribution in [0.5, 0.6) is 0 Å². The van der Waals surface area contributed by atoms with Crippen molar-refractivity contribution in [3.8, 4) is 0 Å². The van der Waals surface area contributed by atoms with Crippen LogP contribution in [0, 0.1) is 18.3 Å². The first-order chi connectivity index (χ1) is 17.5. The third-order valence-corrected chi connectivity index (χ3v) is 9.64. The Bertz CT molecular complexity index is 1030.